The number of ether oxygens (including phenoxy) is 3. The Morgan fingerprint density at radius 2 is 1.91 bits per heavy atom. The maximum Gasteiger partial charge on any atom is 0.192 e. The highest BCUT2D eigenvalue weighted by molar-refractivity contribution is 6.74. The summed E-state index contributed by atoms with van der Waals surface area (Å²) in [7, 11) is -1.78. The molecule has 0 spiro atoms. The van der Waals surface area contributed by atoms with E-state index in [4.69, 9.17) is 18.6 Å². The van der Waals surface area contributed by atoms with Crippen LogP contribution in [0.15, 0.2) is 24.3 Å². The van der Waals surface area contributed by atoms with Crippen molar-refractivity contribution in [2.75, 3.05) is 13.2 Å². The van der Waals surface area contributed by atoms with Gasteiger partial charge in [0.15, 0.2) is 14.6 Å². The summed E-state index contributed by atoms with van der Waals surface area (Å²) in [6.07, 6.45) is 7.51. The summed E-state index contributed by atoms with van der Waals surface area (Å²) in [5.41, 5.74) is 0. The van der Waals surface area contributed by atoms with Crippen LogP contribution in [0.4, 0.5) is 0 Å². The summed E-state index contributed by atoms with van der Waals surface area (Å²) >= 11 is 0. The number of allylic oxidation sites excluding steroid dienone is 1. The van der Waals surface area contributed by atoms with E-state index in [2.05, 4.69) is 39.9 Å². The highest BCUT2D eigenvalue weighted by atomic mass is 28.4. The minimum absolute atomic E-state index is 0.0651. The predicted molar refractivity (Wildman–Crippen MR) is 90.4 cm³/mol. The topological polar surface area (TPSA) is 36.9 Å². The lowest BCUT2D eigenvalue weighted by Gasteiger charge is -2.37. The average molecular weight is 327 g/mol. The predicted octanol–water partition coefficient (Wildman–Crippen LogP) is 3.65. The lowest BCUT2D eigenvalue weighted by atomic mass is 10.1. The molecule has 5 heteroatoms. The second-order valence-corrected chi connectivity index (χ2v) is 12.3. The van der Waals surface area contributed by atoms with Gasteiger partial charge in [0.05, 0.1) is 13.2 Å². The molecule has 0 saturated carbocycles. The summed E-state index contributed by atoms with van der Waals surface area (Å²) in [4.78, 5) is 0. The molecule has 2 aliphatic rings. The summed E-state index contributed by atoms with van der Waals surface area (Å²) in [5, 5.41) is 0.196. The highest BCUT2D eigenvalue weighted by Crippen LogP contribution is 2.37. The zero-order chi connectivity index (χ0) is 16.4. The number of rotatable bonds is 6. The Hall–Kier alpha value is -0.463. The minimum atomic E-state index is -1.78. The lowest BCUT2D eigenvalue weighted by Crippen LogP contribution is -2.46. The molecule has 0 amide bonds. The van der Waals surface area contributed by atoms with Gasteiger partial charge < -0.3 is 18.6 Å². The van der Waals surface area contributed by atoms with E-state index in [0.29, 0.717) is 13.2 Å². The van der Waals surface area contributed by atoms with Gasteiger partial charge in [-0.25, -0.2) is 0 Å². The lowest BCUT2D eigenvalue weighted by molar-refractivity contribution is -0.0671. The van der Waals surface area contributed by atoms with Crippen molar-refractivity contribution in [3.05, 3.63) is 24.3 Å². The zero-order valence-electron chi connectivity index (χ0n) is 14.7. The Labute approximate surface area is 135 Å². The number of fused-ring (bicyclic) bond motifs is 2. The number of hydrogen-bond donors (Lipinski definition) is 0. The summed E-state index contributed by atoms with van der Waals surface area (Å²) in [5.74, 6) is 0. The van der Waals surface area contributed by atoms with Crippen molar-refractivity contribution in [2.24, 2.45) is 0 Å². The Balaban J connectivity index is 1.93. The standard InChI is InChI=1S/C17H30O4Si/c1-7-8-11-18-13-9-10-15-20-14(16(13)21-15)12-19-22(5,6)17(2,3)4/h7-10,13-16H,11-12H2,1-6H3/b8-7+/t13-,14-,15+,16-/m1/s1. The van der Waals surface area contributed by atoms with Crippen molar-refractivity contribution < 1.29 is 18.6 Å². The molecule has 0 aromatic heterocycles. The van der Waals surface area contributed by atoms with Crippen LogP contribution in [0.2, 0.25) is 18.1 Å². The molecule has 1 saturated heterocycles. The Bertz CT molecular complexity index is 425. The smallest absolute Gasteiger partial charge is 0.192 e. The van der Waals surface area contributed by atoms with Crippen LogP contribution in [-0.4, -0.2) is 46.1 Å². The van der Waals surface area contributed by atoms with Crippen molar-refractivity contribution in [2.45, 2.75) is 70.4 Å². The summed E-state index contributed by atoms with van der Waals surface area (Å²) in [6, 6.07) is 0. The van der Waals surface area contributed by atoms with E-state index in [-0.39, 0.29) is 29.6 Å². The van der Waals surface area contributed by atoms with Gasteiger partial charge in [0.2, 0.25) is 0 Å². The Morgan fingerprint density at radius 3 is 2.55 bits per heavy atom. The van der Waals surface area contributed by atoms with Gasteiger partial charge in [0, 0.05) is 0 Å². The highest BCUT2D eigenvalue weighted by Gasteiger charge is 2.45. The van der Waals surface area contributed by atoms with Crippen molar-refractivity contribution >= 4 is 8.32 Å². The molecule has 0 N–H and O–H groups in total. The van der Waals surface area contributed by atoms with Gasteiger partial charge in [-0.05, 0) is 31.1 Å². The van der Waals surface area contributed by atoms with E-state index in [1.807, 2.05) is 25.2 Å². The molecular weight excluding hydrogens is 296 g/mol. The summed E-state index contributed by atoms with van der Waals surface area (Å²) in [6.45, 7) is 14.4. The second kappa shape index (κ2) is 6.97. The molecule has 4 atom stereocenters. The van der Waals surface area contributed by atoms with Crippen LogP contribution in [0, 0.1) is 0 Å². The van der Waals surface area contributed by atoms with E-state index in [0.717, 1.165) is 0 Å². The number of hydrogen-bond acceptors (Lipinski definition) is 4. The quantitative estimate of drug-likeness (QED) is 0.551. The van der Waals surface area contributed by atoms with Gasteiger partial charge >= 0.3 is 0 Å². The third-order valence-electron chi connectivity index (χ3n) is 4.78. The molecule has 2 heterocycles. The molecule has 0 aromatic rings. The van der Waals surface area contributed by atoms with E-state index in [1.165, 1.54) is 0 Å². The second-order valence-electron chi connectivity index (χ2n) is 7.47. The van der Waals surface area contributed by atoms with Gasteiger partial charge in [-0.15, -0.1) is 0 Å². The molecule has 4 nitrogen and oxygen atoms in total. The maximum atomic E-state index is 6.30. The molecule has 0 unspecified atom stereocenters. The molecule has 0 aliphatic carbocycles. The first-order valence-electron chi connectivity index (χ1n) is 8.10. The Kier molecular flexibility index (Phi) is 5.67. The van der Waals surface area contributed by atoms with Crippen LogP contribution in [0.5, 0.6) is 0 Å². The third kappa shape index (κ3) is 4.09. The molecule has 2 aliphatic heterocycles. The summed E-state index contributed by atoms with van der Waals surface area (Å²) < 4.78 is 24.0. The van der Waals surface area contributed by atoms with Crippen molar-refractivity contribution in [1.29, 1.82) is 0 Å². The molecular formula is C17H30O4Si. The molecule has 0 aromatic carbocycles. The molecule has 1 fully saturated rings. The third-order valence-corrected chi connectivity index (χ3v) is 9.28. The van der Waals surface area contributed by atoms with Crippen molar-refractivity contribution in [1.82, 2.24) is 0 Å². The fraction of sp³-hybridized carbons (Fsp3) is 0.765. The van der Waals surface area contributed by atoms with Crippen molar-refractivity contribution in [3.8, 4) is 0 Å². The van der Waals surface area contributed by atoms with Gasteiger partial charge in [0.1, 0.15) is 18.3 Å². The first kappa shape index (κ1) is 17.9. The van der Waals surface area contributed by atoms with Gasteiger partial charge in [-0.2, -0.15) is 0 Å². The van der Waals surface area contributed by atoms with Gasteiger partial charge in [0.25, 0.3) is 0 Å². The minimum Gasteiger partial charge on any atom is -0.414 e. The normalized spacial score (nSPS) is 32.1. The average Bonchev–Trinajstić information content (AvgIpc) is 2.76. The van der Waals surface area contributed by atoms with Gasteiger partial charge in [-0.1, -0.05) is 39.0 Å². The van der Waals surface area contributed by atoms with E-state index in [9.17, 15) is 0 Å². The maximum absolute atomic E-state index is 6.30. The van der Waals surface area contributed by atoms with Crippen molar-refractivity contribution in [3.63, 3.8) is 0 Å². The van der Waals surface area contributed by atoms with Crippen LogP contribution in [0.3, 0.4) is 0 Å². The van der Waals surface area contributed by atoms with Crippen LogP contribution < -0.4 is 0 Å². The SMILES string of the molecule is C/C=C/CO[C@@H]1C=C[C@@H]2O[C@H]1[C@@H](CO[Si](C)(C)C(C)(C)C)O2. The van der Waals surface area contributed by atoms with E-state index < -0.39 is 8.32 Å². The first-order chi connectivity index (χ1) is 10.2. The molecule has 126 valence electrons. The monoisotopic (exact) mass is 326 g/mol. The fourth-order valence-electron chi connectivity index (χ4n) is 2.27. The van der Waals surface area contributed by atoms with E-state index >= 15 is 0 Å². The van der Waals surface area contributed by atoms with Crippen LogP contribution in [-0.2, 0) is 18.6 Å². The van der Waals surface area contributed by atoms with E-state index in [1.54, 1.807) is 0 Å². The Morgan fingerprint density at radius 1 is 1.18 bits per heavy atom. The molecule has 0 radical (unpaired) electrons. The first-order valence-corrected chi connectivity index (χ1v) is 11.0. The van der Waals surface area contributed by atoms with Crippen LogP contribution in [0.25, 0.3) is 0 Å². The van der Waals surface area contributed by atoms with Crippen LogP contribution >= 0.6 is 0 Å². The fourth-order valence-corrected chi connectivity index (χ4v) is 3.28. The largest absolute Gasteiger partial charge is 0.414 e. The van der Waals surface area contributed by atoms with Gasteiger partial charge in [-0.3, -0.25) is 0 Å². The van der Waals surface area contributed by atoms with Crippen LogP contribution in [0.1, 0.15) is 27.7 Å². The zero-order valence-corrected chi connectivity index (χ0v) is 15.7. The molecule has 22 heavy (non-hydrogen) atoms. The molecule has 2 bridgehead atoms. The molecule has 2 rings (SSSR count).